The number of hydrogen-bond donors (Lipinski definition) is 3. The fraction of sp³-hybridized carbons (Fsp3) is 0.440. The Morgan fingerprint density at radius 3 is 2.06 bits per heavy atom. The molecule has 4 rings (SSSR count). The van der Waals surface area contributed by atoms with E-state index in [1.54, 1.807) is 36.4 Å². The number of aliphatic hydroxyl groups is 1. The van der Waals surface area contributed by atoms with Crippen LogP contribution < -0.4 is 5.32 Å². The zero-order valence-electron chi connectivity index (χ0n) is 18.7. The van der Waals surface area contributed by atoms with Crippen molar-refractivity contribution in [2.45, 2.75) is 55.7 Å². The summed E-state index contributed by atoms with van der Waals surface area (Å²) in [5.41, 5.74) is -1.48. The first-order valence-corrected chi connectivity index (χ1v) is 11.2. The average Bonchev–Trinajstić information content (AvgIpc) is 3.61. The van der Waals surface area contributed by atoms with Crippen LogP contribution in [0.2, 0.25) is 0 Å². The second kappa shape index (κ2) is 8.61. The molecule has 0 radical (unpaired) electrons. The molecule has 3 N–H and O–H groups in total. The van der Waals surface area contributed by atoms with Crippen LogP contribution in [0.5, 0.6) is 5.75 Å². The Bertz CT molecular complexity index is 1050. The van der Waals surface area contributed by atoms with E-state index in [-0.39, 0.29) is 30.7 Å². The van der Waals surface area contributed by atoms with Crippen LogP contribution in [0, 0.1) is 0 Å². The molecule has 2 aromatic rings. The maximum absolute atomic E-state index is 13.0. The van der Waals surface area contributed by atoms with Crippen LogP contribution in [-0.2, 0) is 15.0 Å². The van der Waals surface area contributed by atoms with Gasteiger partial charge in [0, 0.05) is 18.8 Å². The van der Waals surface area contributed by atoms with Crippen LogP contribution in [0.1, 0.15) is 49.7 Å². The number of nitrogens with one attached hydrogen (secondary N) is 1. The fourth-order valence-corrected chi connectivity index (χ4v) is 4.49. The number of hydrogen-bond acceptors (Lipinski definition) is 4. The van der Waals surface area contributed by atoms with E-state index in [2.05, 4.69) is 5.32 Å². The minimum atomic E-state index is -5.03. The minimum absolute atomic E-state index is 0.0661. The third kappa shape index (κ3) is 4.49. The normalized spacial score (nSPS) is 19.9. The van der Waals surface area contributed by atoms with Crippen molar-refractivity contribution >= 4 is 17.5 Å². The Labute approximate surface area is 195 Å². The third-order valence-corrected chi connectivity index (χ3v) is 7.00. The quantitative estimate of drug-likeness (QED) is 0.607. The topological polar surface area (TPSA) is 89.9 Å². The SMILES string of the molecule is CC(O)(C(=O)N1CCC(c2ccc(NC(=O)C3(c4ccc(O)cc4)CC3)cc2)CC1)C(F)(F)F. The van der Waals surface area contributed by atoms with E-state index in [4.69, 9.17) is 0 Å². The van der Waals surface area contributed by atoms with E-state index < -0.39 is 23.1 Å². The molecule has 1 heterocycles. The number of phenolic OH excluding ortho intramolecular Hbond substituents is 1. The van der Waals surface area contributed by atoms with Gasteiger partial charge >= 0.3 is 6.18 Å². The van der Waals surface area contributed by atoms with Crippen LogP contribution in [-0.4, -0.2) is 51.8 Å². The third-order valence-electron chi connectivity index (χ3n) is 7.00. The van der Waals surface area contributed by atoms with Gasteiger partial charge in [0.1, 0.15) is 5.75 Å². The van der Waals surface area contributed by atoms with Crippen molar-refractivity contribution in [3.63, 3.8) is 0 Å². The predicted molar refractivity (Wildman–Crippen MR) is 119 cm³/mol. The Morgan fingerprint density at radius 1 is 1.00 bits per heavy atom. The van der Waals surface area contributed by atoms with Crippen LogP contribution in [0.4, 0.5) is 18.9 Å². The number of alkyl halides is 3. The van der Waals surface area contributed by atoms with E-state index in [0.717, 1.165) is 28.9 Å². The first-order valence-electron chi connectivity index (χ1n) is 11.2. The number of nitrogens with zero attached hydrogens (tertiary/aromatic N) is 1. The van der Waals surface area contributed by atoms with Gasteiger partial charge in [0.25, 0.3) is 5.91 Å². The molecular formula is C25H27F3N2O4. The minimum Gasteiger partial charge on any atom is -0.508 e. The molecule has 2 fully saturated rings. The van der Waals surface area contributed by atoms with Crippen molar-refractivity contribution in [1.29, 1.82) is 0 Å². The molecule has 182 valence electrons. The van der Waals surface area contributed by atoms with Gasteiger partial charge in [0.05, 0.1) is 5.41 Å². The first-order chi connectivity index (χ1) is 15.9. The number of carbonyl (C=O) groups excluding carboxylic acids is 2. The molecule has 2 amide bonds. The number of piperidine rings is 1. The highest BCUT2D eigenvalue weighted by Gasteiger charge is 2.57. The van der Waals surface area contributed by atoms with Crippen molar-refractivity contribution in [3.05, 3.63) is 59.7 Å². The van der Waals surface area contributed by atoms with E-state index in [1.165, 1.54) is 0 Å². The fourth-order valence-electron chi connectivity index (χ4n) is 4.49. The molecule has 6 nitrogen and oxygen atoms in total. The highest BCUT2D eigenvalue weighted by atomic mass is 19.4. The lowest BCUT2D eigenvalue weighted by atomic mass is 9.88. The molecule has 0 aromatic heterocycles. The number of benzene rings is 2. The molecule has 2 aliphatic rings. The zero-order chi connectivity index (χ0) is 24.7. The number of carbonyl (C=O) groups is 2. The highest BCUT2D eigenvalue weighted by Crippen LogP contribution is 2.49. The summed E-state index contributed by atoms with van der Waals surface area (Å²) in [4.78, 5) is 26.1. The van der Waals surface area contributed by atoms with Crippen molar-refractivity contribution in [3.8, 4) is 5.75 Å². The summed E-state index contributed by atoms with van der Waals surface area (Å²) in [6.07, 6.45) is -2.59. The van der Waals surface area contributed by atoms with Gasteiger partial charge in [-0.3, -0.25) is 9.59 Å². The molecule has 34 heavy (non-hydrogen) atoms. The zero-order valence-corrected chi connectivity index (χ0v) is 18.7. The Hall–Kier alpha value is -3.07. The molecule has 1 saturated carbocycles. The second-order valence-corrected chi connectivity index (χ2v) is 9.34. The molecule has 0 bridgehead atoms. The summed E-state index contributed by atoms with van der Waals surface area (Å²) in [5.74, 6) is -1.21. The van der Waals surface area contributed by atoms with Gasteiger partial charge in [-0.1, -0.05) is 24.3 Å². The number of rotatable bonds is 5. The van der Waals surface area contributed by atoms with Crippen molar-refractivity contribution in [2.75, 3.05) is 18.4 Å². The molecule has 9 heteroatoms. The summed E-state index contributed by atoms with van der Waals surface area (Å²) >= 11 is 0. The van der Waals surface area contributed by atoms with Gasteiger partial charge in [-0.2, -0.15) is 13.2 Å². The molecule has 1 aliphatic heterocycles. The maximum atomic E-state index is 13.0. The van der Waals surface area contributed by atoms with Gasteiger partial charge in [-0.25, -0.2) is 0 Å². The number of anilines is 1. The lowest BCUT2D eigenvalue weighted by molar-refractivity contribution is -0.250. The number of halogens is 3. The lowest BCUT2D eigenvalue weighted by Gasteiger charge is -2.37. The number of aromatic hydroxyl groups is 1. The smallest absolute Gasteiger partial charge is 0.426 e. The lowest BCUT2D eigenvalue weighted by Crippen LogP contribution is -2.57. The van der Waals surface area contributed by atoms with Crippen molar-refractivity contribution in [2.24, 2.45) is 0 Å². The van der Waals surface area contributed by atoms with Crippen LogP contribution in [0.15, 0.2) is 48.5 Å². The second-order valence-electron chi connectivity index (χ2n) is 9.34. The molecule has 1 saturated heterocycles. The van der Waals surface area contributed by atoms with Crippen LogP contribution in [0.25, 0.3) is 0 Å². The number of likely N-dealkylation sites (tertiary alicyclic amines) is 1. The summed E-state index contributed by atoms with van der Waals surface area (Å²) in [6.45, 7) is 0.745. The van der Waals surface area contributed by atoms with Crippen LogP contribution in [0.3, 0.4) is 0 Å². The molecule has 1 atom stereocenters. The van der Waals surface area contributed by atoms with Gasteiger partial charge in [-0.05, 0) is 73.9 Å². The largest absolute Gasteiger partial charge is 0.508 e. The predicted octanol–water partition coefficient (Wildman–Crippen LogP) is 4.08. The van der Waals surface area contributed by atoms with E-state index in [0.29, 0.717) is 25.5 Å². The Morgan fingerprint density at radius 2 is 1.56 bits per heavy atom. The number of amides is 2. The summed E-state index contributed by atoms with van der Waals surface area (Å²) in [5, 5.41) is 22.1. The van der Waals surface area contributed by atoms with Crippen molar-refractivity contribution < 1.29 is 33.0 Å². The summed E-state index contributed by atoms with van der Waals surface area (Å²) < 4.78 is 38.9. The molecule has 0 spiro atoms. The molecule has 2 aromatic carbocycles. The highest BCUT2D eigenvalue weighted by molar-refractivity contribution is 6.01. The number of phenols is 1. The standard InChI is InChI=1S/C25H27F3N2O4/c1-23(34,25(26,27)28)22(33)30-14-10-17(11-15-30)16-2-6-19(7-3-16)29-21(32)24(12-13-24)18-4-8-20(31)9-5-18/h2-9,17,31,34H,10-15H2,1H3,(H,29,32). The average molecular weight is 476 g/mol. The summed E-state index contributed by atoms with van der Waals surface area (Å²) in [6, 6.07) is 14.0. The molecule has 1 unspecified atom stereocenters. The van der Waals surface area contributed by atoms with Gasteiger partial charge < -0.3 is 20.4 Å². The maximum Gasteiger partial charge on any atom is 0.426 e. The summed E-state index contributed by atoms with van der Waals surface area (Å²) in [7, 11) is 0. The molecular weight excluding hydrogens is 449 g/mol. The monoisotopic (exact) mass is 476 g/mol. The van der Waals surface area contributed by atoms with E-state index in [1.807, 2.05) is 12.1 Å². The molecule has 1 aliphatic carbocycles. The van der Waals surface area contributed by atoms with Crippen molar-refractivity contribution in [1.82, 2.24) is 4.90 Å². The van der Waals surface area contributed by atoms with Gasteiger partial charge in [0.15, 0.2) is 0 Å². The Balaban J connectivity index is 1.34. The van der Waals surface area contributed by atoms with Gasteiger partial charge in [-0.15, -0.1) is 0 Å². The van der Waals surface area contributed by atoms with Gasteiger partial charge in [0.2, 0.25) is 11.5 Å². The van der Waals surface area contributed by atoms with Crippen LogP contribution >= 0.6 is 0 Å². The van der Waals surface area contributed by atoms with E-state index in [9.17, 15) is 33.0 Å². The first kappa shape index (κ1) is 24.1. The Kier molecular flexibility index (Phi) is 6.10. The van der Waals surface area contributed by atoms with E-state index >= 15 is 0 Å².